The molecule has 0 saturated heterocycles. The van der Waals surface area contributed by atoms with Crippen LogP contribution in [-0.4, -0.2) is 0 Å². The van der Waals surface area contributed by atoms with Gasteiger partial charge < -0.3 is 0 Å². The van der Waals surface area contributed by atoms with Gasteiger partial charge in [-0.15, -0.1) is 0 Å². The van der Waals surface area contributed by atoms with Crippen LogP contribution in [0, 0.1) is 0 Å². The highest BCUT2D eigenvalue weighted by Crippen LogP contribution is 2.28. The van der Waals surface area contributed by atoms with Gasteiger partial charge in [0.05, 0.1) is 0 Å². The molecule has 0 fully saturated rings. The Morgan fingerprint density at radius 1 is 1.38 bits per heavy atom. The third kappa shape index (κ3) is 3.51. The van der Waals surface area contributed by atoms with Crippen LogP contribution in [-0.2, 0) is 0 Å². The zero-order valence-electron chi connectivity index (χ0n) is 7.86. The predicted octanol–water partition coefficient (Wildman–Crippen LogP) is 4.26. The second-order valence-electron chi connectivity index (χ2n) is 2.64. The molecule has 0 unspecified atom stereocenters. The monoisotopic (exact) mass is 190 g/mol. The fourth-order valence-corrected chi connectivity index (χ4v) is 1.90. The maximum absolute atomic E-state index is 3.70. The lowest BCUT2D eigenvalue weighted by molar-refractivity contribution is 1.20. The Morgan fingerprint density at radius 3 is 2.62 bits per heavy atom. The highest BCUT2D eigenvalue weighted by Gasteiger charge is 1.95. The van der Waals surface area contributed by atoms with Crippen LogP contribution in [0.1, 0.15) is 13.3 Å². The molecule has 1 rings (SSSR count). The number of rotatable bonds is 4. The van der Waals surface area contributed by atoms with Crippen molar-refractivity contribution in [2.24, 2.45) is 0 Å². The minimum Gasteiger partial charge on any atom is -0.0990 e. The second kappa shape index (κ2) is 5.65. The normalized spacial score (nSPS) is 11.3. The van der Waals surface area contributed by atoms with Crippen molar-refractivity contribution in [2.75, 3.05) is 0 Å². The van der Waals surface area contributed by atoms with Crippen LogP contribution in [0.2, 0.25) is 0 Å². The molecule has 0 aromatic heterocycles. The lowest BCUT2D eigenvalue weighted by Gasteiger charge is -2.02. The lowest BCUT2D eigenvalue weighted by Crippen LogP contribution is -1.74. The summed E-state index contributed by atoms with van der Waals surface area (Å²) in [7, 11) is 0. The van der Waals surface area contributed by atoms with Gasteiger partial charge in [-0.3, -0.25) is 0 Å². The van der Waals surface area contributed by atoms with Gasteiger partial charge in [0.15, 0.2) is 0 Å². The van der Waals surface area contributed by atoms with E-state index >= 15 is 0 Å². The second-order valence-corrected chi connectivity index (χ2v) is 3.84. The summed E-state index contributed by atoms with van der Waals surface area (Å²) in [6.07, 6.45) is 4.97. The average molecular weight is 190 g/mol. The molecular formula is C12H14S. The van der Waals surface area contributed by atoms with E-state index in [4.69, 9.17) is 0 Å². The Labute approximate surface area is 84.4 Å². The van der Waals surface area contributed by atoms with E-state index in [1.54, 1.807) is 11.8 Å². The zero-order chi connectivity index (χ0) is 9.52. The van der Waals surface area contributed by atoms with Gasteiger partial charge in [0.2, 0.25) is 0 Å². The molecule has 0 aliphatic rings. The molecule has 1 aromatic carbocycles. The molecule has 1 aromatic rings. The number of hydrogen-bond donors (Lipinski definition) is 0. The van der Waals surface area contributed by atoms with E-state index in [9.17, 15) is 0 Å². The van der Waals surface area contributed by atoms with Gasteiger partial charge in [0, 0.05) is 4.90 Å². The van der Waals surface area contributed by atoms with Gasteiger partial charge in [-0.05, 0) is 23.5 Å². The summed E-state index contributed by atoms with van der Waals surface area (Å²) >= 11 is 1.80. The van der Waals surface area contributed by atoms with Crippen molar-refractivity contribution >= 4 is 11.8 Å². The third-order valence-corrected chi connectivity index (χ3v) is 2.84. The summed E-state index contributed by atoms with van der Waals surface area (Å²) in [5.41, 5.74) is 0. The smallest absolute Gasteiger partial charge is 0.0119 e. The van der Waals surface area contributed by atoms with E-state index in [0.29, 0.717) is 0 Å². The van der Waals surface area contributed by atoms with Crippen LogP contribution in [0.4, 0.5) is 0 Å². The van der Waals surface area contributed by atoms with E-state index in [0.717, 1.165) is 6.42 Å². The largest absolute Gasteiger partial charge is 0.0990 e. The van der Waals surface area contributed by atoms with Crippen LogP contribution < -0.4 is 0 Å². The number of hydrogen-bond acceptors (Lipinski definition) is 1. The predicted molar refractivity (Wildman–Crippen MR) is 60.9 cm³/mol. The highest BCUT2D eigenvalue weighted by molar-refractivity contribution is 8.03. The van der Waals surface area contributed by atoms with Crippen molar-refractivity contribution in [2.45, 2.75) is 18.2 Å². The summed E-state index contributed by atoms with van der Waals surface area (Å²) in [6.45, 7) is 5.86. The number of benzene rings is 1. The Hall–Kier alpha value is -0.950. The molecule has 13 heavy (non-hydrogen) atoms. The van der Waals surface area contributed by atoms with Crippen LogP contribution in [0.3, 0.4) is 0 Å². The standard InChI is InChI=1S/C12H14S/c1-3-8-11(4-2)13-12-9-6-5-7-10-12/h3,5-10H,1,4H2,2H3/b11-8-. The first-order valence-corrected chi connectivity index (χ1v) is 5.23. The Balaban J connectivity index is 2.67. The highest BCUT2D eigenvalue weighted by atomic mass is 32.2. The molecule has 0 bridgehead atoms. The van der Waals surface area contributed by atoms with Crippen molar-refractivity contribution in [3.63, 3.8) is 0 Å². The molecule has 0 nitrogen and oxygen atoms in total. The molecule has 0 heterocycles. The van der Waals surface area contributed by atoms with E-state index in [1.165, 1.54) is 9.80 Å². The summed E-state index contributed by atoms with van der Waals surface area (Å²) in [5.74, 6) is 0. The quantitative estimate of drug-likeness (QED) is 0.505. The van der Waals surface area contributed by atoms with Gasteiger partial charge in [0.1, 0.15) is 0 Å². The van der Waals surface area contributed by atoms with Gasteiger partial charge in [0.25, 0.3) is 0 Å². The molecule has 0 aliphatic heterocycles. The Morgan fingerprint density at radius 2 is 2.08 bits per heavy atom. The lowest BCUT2D eigenvalue weighted by atomic mass is 10.4. The van der Waals surface area contributed by atoms with Crippen molar-refractivity contribution in [1.82, 2.24) is 0 Å². The van der Waals surface area contributed by atoms with Crippen LogP contribution >= 0.6 is 11.8 Å². The molecule has 0 aliphatic carbocycles. The van der Waals surface area contributed by atoms with Crippen molar-refractivity contribution in [3.8, 4) is 0 Å². The van der Waals surface area contributed by atoms with Crippen molar-refractivity contribution < 1.29 is 0 Å². The van der Waals surface area contributed by atoms with E-state index in [1.807, 2.05) is 12.1 Å². The molecular weight excluding hydrogens is 176 g/mol. The van der Waals surface area contributed by atoms with Crippen molar-refractivity contribution in [1.29, 1.82) is 0 Å². The summed E-state index contributed by atoms with van der Waals surface area (Å²) in [6, 6.07) is 10.4. The molecule has 0 radical (unpaired) electrons. The van der Waals surface area contributed by atoms with E-state index in [-0.39, 0.29) is 0 Å². The van der Waals surface area contributed by atoms with Gasteiger partial charge in [-0.2, -0.15) is 0 Å². The Kier molecular flexibility index (Phi) is 4.41. The van der Waals surface area contributed by atoms with Gasteiger partial charge >= 0.3 is 0 Å². The minimum atomic E-state index is 1.06. The minimum absolute atomic E-state index is 1.06. The van der Waals surface area contributed by atoms with Crippen molar-refractivity contribution in [3.05, 3.63) is 54.0 Å². The molecule has 0 N–H and O–H groups in total. The molecule has 0 spiro atoms. The third-order valence-electron chi connectivity index (χ3n) is 1.64. The maximum atomic E-state index is 3.70. The number of allylic oxidation sites excluding steroid dienone is 3. The molecule has 0 amide bonds. The zero-order valence-corrected chi connectivity index (χ0v) is 8.68. The first-order valence-electron chi connectivity index (χ1n) is 4.41. The first kappa shape index (κ1) is 10.1. The topological polar surface area (TPSA) is 0 Å². The molecule has 0 atom stereocenters. The SMILES string of the molecule is C=C/C=C(/CC)Sc1ccccc1. The molecule has 0 saturated carbocycles. The fraction of sp³-hybridized carbons (Fsp3) is 0.167. The molecule has 1 heteroatoms. The fourth-order valence-electron chi connectivity index (χ4n) is 0.995. The summed E-state index contributed by atoms with van der Waals surface area (Å²) < 4.78 is 0. The number of thioether (sulfide) groups is 1. The van der Waals surface area contributed by atoms with Gasteiger partial charge in [-0.1, -0.05) is 55.6 Å². The van der Waals surface area contributed by atoms with Crippen LogP contribution in [0.15, 0.2) is 58.9 Å². The first-order chi connectivity index (χ1) is 6.36. The molecule has 68 valence electrons. The van der Waals surface area contributed by atoms with E-state index < -0.39 is 0 Å². The summed E-state index contributed by atoms with van der Waals surface area (Å²) in [4.78, 5) is 2.64. The van der Waals surface area contributed by atoms with Crippen LogP contribution in [0.5, 0.6) is 0 Å². The van der Waals surface area contributed by atoms with Crippen LogP contribution in [0.25, 0.3) is 0 Å². The van der Waals surface area contributed by atoms with E-state index in [2.05, 4.69) is 43.8 Å². The summed E-state index contributed by atoms with van der Waals surface area (Å²) in [5, 5.41) is 0. The maximum Gasteiger partial charge on any atom is 0.0119 e. The van der Waals surface area contributed by atoms with Gasteiger partial charge in [-0.25, -0.2) is 0 Å². The Bertz CT molecular complexity index is 285. The average Bonchev–Trinajstić information content (AvgIpc) is 2.19.